The molecule has 0 aliphatic rings. The molecular formula is C24H22N4O2. The summed E-state index contributed by atoms with van der Waals surface area (Å²) >= 11 is 0. The summed E-state index contributed by atoms with van der Waals surface area (Å²) in [5.74, 6) is 1.57. The van der Waals surface area contributed by atoms with Gasteiger partial charge in [0, 0.05) is 18.3 Å². The van der Waals surface area contributed by atoms with Crippen LogP contribution in [0, 0.1) is 0 Å². The normalized spacial score (nSPS) is 10.5. The Kier molecular flexibility index (Phi) is 6.15. The first-order chi connectivity index (χ1) is 14.8. The van der Waals surface area contributed by atoms with Crippen molar-refractivity contribution in [1.82, 2.24) is 9.97 Å². The van der Waals surface area contributed by atoms with Crippen molar-refractivity contribution in [3.8, 4) is 5.75 Å². The summed E-state index contributed by atoms with van der Waals surface area (Å²) in [6.07, 6.45) is 2.40. The molecule has 0 aliphatic carbocycles. The van der Waals surface area contributed by atoms with E-state index < -0.39 is 0 Å². The van der Waals surface area contributed by atoms with Crippen LogP contribution in [0.2, 0.25) is 0 Å². The Morgan fingerprint density at radius 2 is 1.70 bits per heavy atom. The van der Waals surface area contributed by atoms with Gasteiger partial charge in [-0.05, 0) is 47.5 Å². The molecule has 0 saturated heterocycles. The predicted octanol–water partition coefficient (Wildman–Crippen LogP) is 4.76. The first kappa shape index (κ1) is 19.4. The molecule has 6 heteroatoms. The van der Waals surface area contributed by atoms with E-state index in [-0.39, 0.29) is 5.91 Å². The summed E-state index contributed by atoms with van der Waals surface area (Å²) in [4.78, 5) is 20.8. The molecular weight excluding hydrogens is 376 g/mol. The van der Waals surface area contributed by atoms with E-state index in [2.05, 4.69) is 38.8 Å². The Hall–Kier alpha value is -3.93. The molecule has 0 radical (unpaired) electrons. The fourth-order valence-electron chi connectivity index (χ4n) is 3.01. The number of aromatic nitrogens is 2. The molecule has 2 N–H and O–H groups in total. The van der Waals surface area contributed by atoms with E-state index in [0.29, 0.717) is 30.5 Å². The summed E-state index contributed by atoms with van der Waals surface area (Å²) in [6, 6.07) is 25.0. The zero-order valence-electron chi connectivity index (χ0n) is 16.4. The topological polar surface area (TPSA) is 76.1 Å². The number of nitrogens with zero attached hydrogens (tertiary/aromatic N) is 2. The minimum atomic E-state index is -0.205. The molecule has 3 aromatic carbocycles. The Bertz CT molecular complexity index is 1130. The average molecular weight is 398 g/mol. The summed E-state index contributed by atoms with van der Waals surface area (Å²) in [6.45, 7) is 1.24. The molecule has 1 heterocycles. The van der Waals surface area contributed by atoms with E-state index in [9.17, 15) is 4.79 Å². The first-order valence-electron chi connectivity index (χ1n) is 9.83. The van der Waals surface area contributed by atoms with Crippen molar-refractivity contribution in [3.05, 3.63) is 90.6 Å². The zero-order chi connectivity index (χ0) is 20.6. The van der Waals surface area contributed by atoms with Gasteiger partial charge in [0.2, 0.25) is 5.95 Å². The maximum atomic E-state index is 12.2. The molecule has 1 amide bonds. The Labute approximate surface area is 175 Å². The largest absolute Gasteiger partial charge is 0.494 e. The fourth-order valence-corrected chi connectivity index (χ4v) is 3.01. The van der Waals surface area contributed by atoms with Crippen LogP contribution < -0.4 is 15.4 Å². The summed E-state index contributed by atoms with van der Waals surface area (Å²) in [5.41, 5.74) is 0.580. The second-order valence-corrected chi connectivity index (χ2v) is 6.72. The number of hydrogen-bond acceptors (Lipinski definition) is 5. The predicted molar refractivity (Wildman–Crippen MR) is 119 cm³/mol. The number of hydrogen-bond donors (Lipinski definition) is 2. The maximum absolute atomic E-state index is 12.2. The number of amides is 1. The summed E-state index contributed by atoms with van der Waals surface area (Å²) in [7, 11) is 0. The molecule has 4 rings (SSSR count). The van der Waals surface area contributed by atoms with Crippen LogP contribution in [0.1, 0.15) is 16.8 Å². The van der Waals surface area contributed by atoms with Crippen LogP contribution in [0.15, 0.2) is 85.1 Å². The van der Waals surface area contributed by atoms with Gasteiger partial charge in [-0.3, -0.25) is 4.79 Å². The third-order valence-corrected chi connectivity index (χ3v) is 4.53. The molecule has 150 valence electrons. The molecule has 0 spiro atoms. The lowest BCUT2D eigenvalue weighted by atomic mass is 10.1. The zero-order valence-corrected chi connectivity index (χ0v) is 16.4. The quantitative estimate of drug-likeness (QED) is 0.419. The third kappa shape index (κ3) is 5.11. The average Bonchev–Trinajstić information content (AvgIpc) is 2.79. The standard InChI is InChI=1S/C24H22N4O2/c29-23(19-8-2-1-3-9-19)27-22-13-15-26-24(28-22)25-14-6-16-30-21-12-11-18-7-4-5-10-20(18)17-21/h1-5,7-13,15,17H,6,14,16H2,(H2,25,26,27,28,29). The van der Waals surface area contributed by atoms with Crippen LogP contribution in [0.3, 0.4) is 0 Å². The highest BCUT2D eigenvalue weighted by molar-refractivity contribution is 6.03. The van der Waals surface area contributed by atoms with Gasteiger partial charge in [0.1, 0.15) is 11.6 Å². The lowest BCUT2D eigenvalue weighted by molar-refractivity contribution is 0.102. The Balaban J connectivity index is 1.24. The number of anilines is 2. The first-order valence-corrected chi connectivity index (χ1v) is 9.83. The van der Waals surface area contributed by atoms with Crippen molar-refractivity contribution < 1.29 is 9.53 Å². The van der Waals surface area contributed by atoms with Crippen molar-refractivity contribution in [2.75, 3.05) is 23.8 Å². The second-order valence-electron chi connectivity index (χ2n) is 6.72. The van der Waals surface area contributed by atoms with Crippen LogP contribution in [-0.2, 0) is 0 Å². The smallest absolute Gasteiger partial charge is 0.256 e. The van der Waals surface area contributed by atoms with Gasteiger partial charge in [-0.1, -0.05) is 48.5 Å². The fraction of sp³-hybridized carbons (Fsp3) is 0.125. The van der Waals surface area contributed by atoms with Crippen LogP contribution in [0.25, 0.3) is 10.8 Å². The lowest BCUT2D eigenvalue weighted by Crippen LogP contribution is -2.14. The Morgan fingerprint density at radius 3 is 2.57 bits per heavy atom. The number of rotatable bonds is 8. The number of nitrogens with one attached hydrogen (secondary N) is 2. The molecule has 0 saturated carbocycles. The van der Waals surface area contributed by atoms with Crippen LogP contribution >= 0.6 is 0 Å². The van der Waals surface area contributed by atoms with Gasteiger partial charge < -0.3 is 15.4 Å². The van der Waals surface area contributed by atoms with Gasteiger partial charge in [0.15, 0.2) is 0 Å². The van der Waals surface area contributed by atoms with Crippen molar-refractivity contribution in [1.29, 1.82) is 0 Å². The van der Waals surface area contributed by atoms with E-state index >= 15 is 0 Å². The highest BCUT2D eigenvalue weighted by Crippen LogP contribution is 2.20. The third-order valence-electron chi connectivity index (χ3n) is 4.53. The molecule has 0 bridgehead atoms. The van der Waals surface area contributed by atoms with Crippen LogP contribution in [-0.4, -0.2) is 29.0 Å². The molecule has 6 nitrogen and oxygen atoms in total. The summed E-state index contributed by atoms with van der Waals surface area (Å²) < 4.78 is 5.84. The number of carbonyl (C=O) groups excluding carboxylic acids is 1. The van der Waals surface area contributed by atoms with E-state index in [1.54, 1.807) is 24.4 Å². The molecule has 4 aromatic rings. The second kappa shape index (κ2) is 9.52. The number of ether oxygens (including phenoxy) is 1. The Morgan fingerprint density at radius 1 is 0.900 bits per heavy atom. The highest BCUT2D eigenvalue weighted by Gasteiger charge is 2.07. The molecule has 0 fully saturated rings. The number of benzene rings is 3. The highest BCUT2D eigenvalue weighted by atomic mass is 16.5. The van der Waals surface area contributed by atoms with Crippen molar-refractivity contribution in [2.45, 2.75) is 6.42 Å². The molecule has 0 unspecified atom stereocenters. The van der Waals surface area contributed by atoms with Crippen molar-refractivity contribution >= 4 is 28.4 Å². The molecule has 1 aromatic heterocycles. The van der Waals surface area contributed by atoms with Gasteiger partial charge in [-0.15, -0.1) is 0 Å². The molecule has 30 heavy (non-hydrogen) atoms. The lowest BCUT2D eigenvalue weighted by Gasteiger charge is -2.09. The van der Waals surface area contributed by atoms with Gasteiger partial charge in [-0.25, -0.2) is 4.98 Å². The van der Waals surface area contributed by atoms with Crippen molar-refractivity contribution in [2.24, 2.45) is 0 Å². The van der Waals surface area contributed by atoms with E-state index in [1.807, 2.05) is 42.5 Å². The van der Waals surface area contributed by atoms with E-state index in [1.165, 1.54) is 5.39 Å². The van der Waals surface area contributed by atoms with Crippen molar-refractivity contribution in [3.63, 3.8) is 0 Å². The van der Waals surface area contributed by atoms with Crippen LogP contribution in [0.4, 0.5) is 11.8 Å². The maximum Gasteiger partial charge on any atom is 0.256 e. The minimum absolute atomic E-state index is 0.205. The number of carbonyl (C=O) groups is 1. The van der Waals surface area contributed by atoms with Gasteiger partial charge in [0.25, 0.3) is 5.91 Å². The molecule has 0 aliphatic heterocycles. The van der Waals surface area contributed by atoms with Gasteiger partial charge in [-0.2, -0.15) is 4.98 Å². The van der Waals surface area contributed by atoms with E-state index in [4.69, 9.17) is 4.74 Å². The van der Waals surface area contributed by atoms with E-state index in [0.717, 1.165) is 17.6 Å². The summed E-state index contributed by atoms with van der Waals surface area (Å²) in [5, 5.41) is 8.30. The molecule has 0 atom stereocenters. The van der Waals surface area contributed by atoms with Crippen LogP contribution in [0.5, 0.6) is 5.75 Å². The minimum Gasteiger partial charge on any atom is -0.494 e. The SMILES string of the molecule is O=C(Nc1ccnc(NCCCOc2ccc3ccccc3c2)n1)c1ccccc1. The monoisotopic (exact) mass is 398 g/mol. The van der Waals surface area contributed by atoms with Gasteiger partial charge >= 0.3 is 0 Å². The van der Waals surface area contributed by atoms with Gasteiger partial charge in [0.05, 0.1) is 6.61 Å². The number of fused-ring (bicyclic) bond motifs is 1.